The van der Waals surface area contributed by atoms with Crippen molar-refractivity contribution >= 4 is 17.9 Å². The fraction of sp³-hybridized carbons (Fsp3) is 0.423. The van der Waals surface area contributed by atoms with Gasteiger partial charge >= 0.3 is 0 Å². The predicted molar refractivity (Wildman–Crippen MR) is 121 cm³/mol. The highest BCUT2D eigenvalue weighted by Crippen LogP contribution is 2.68. The van der Waals surface area contributed by atoms with E-state index in [0.717, 1.165) is 30.3 Å². The number of benzene rings is 2. The Morgan fingerprint density at radius 2 is 1.77 bits per heavy atom. The summed E-state index contributed by atoms with van der Waals surface area (Å²) in [5.74, 6) is -0.493. The van der Waals surface area contributed by atoms with Crippen LogP contribution < -0.4 is 0 Å². The van der Waals surface area contributed by atoms with Crippen molar-refractivity contribution in [1.82, 2.24) is 0 Å². The average molecular weight is 436 g/mol. The first-order valence-electron chi connectivity index (χ1n) is 11.1. The van der Waals surface area contributed by atoms with Crippen LogP contribution in [0.5, 0.6) is 0 Å². The Kier molecular flexibility index (Phi) is 5.01. The van der Waals surface area contributed by atoms with E-state index in [1.807, 2.05) is 54.6 Å². The Bertz CT molecular complexity index is 1040. The molecule has 3 aliphatic rings. The van der Waals surface area contributed by atoms with E-state index in [9.17, 15) is 14.9 Å². The number of rotatable bonds is 4. The van der Waals surface area contributed by atoms with Crippen molar-refractivity contribution in [3.63, 3.8) is 0 Å². The van der Waals surface area contributed by atoms with Crippen LogP contribution in [0.4, 0.5) is 0 Å². The van der Waals surface area contributed by atoms with Gasteiger partial charge in [0.1, 0.15) is 6.29 Å². The molecule has 3 aliphatic carbocycles. The van der Waals surface area contributed by atoms with Crippen molar-refractivity contribution < 1.29 is 9.72 Å². The summed E-state index contributed by atoms with van der Waals surface area (Å²) in [5, 5.41) is 13.4. The molecule has 0 saturated heterocycles. The summed E-state index contributed by atoms with van der Waals surface area (Å²) in [6.07, 6.45) is 7.30. The lowest BCUT2D eigenvalue weighted by Crippen LogP contribution is -2.60. The first-order valence-corrected chi connectivity index (χ1v) is 11.5. The van der Waals surface area contributed by atoms with Crippen LogP contribution in [-0.4, -0.2) is 17.3 Å². The molecule has 0 aromatic heterocycles. The number of aldehydes is 1. The molecule has 2 fully saturated rings. The summed E-state index contributed by atoms with van der Waals surface area (Å²) >= 11 is 6.62. The molecule has 2 aromatic rings. The summed E-state index contributed by atoms with van der Waals surface area (Å²) in [5.41, 5.74) is 0.927. The topological polar surface area (TPSA) is 60.2 Å². The minimum atomic E-state index is -0.915. The molecule has 31 heavy (non-hydrogen) atoms. The Morgan fingerprint density at radius 3 is 2.45 bits per heavy atom. The zero-order chi connectivity index (χ0) is 21.8. The summed E-state index contributed by atoms with van der Waals surface area (Å²) in [4.78, 5) is 25.7. The molecule has 160 valence electrons. The van der Waals surface area contributed by atoms with Crippen molar-refractivity contribution in [2.45, 2.75) is 37.6 Å². The smallest absolute Gasteiger partial charge is 0.227 e. The maximum Gasteiger partial charge on any atom is 0.227 e. The molecule has 5 heteroatoms. The van der Waals surface area contributed by atoms with Crippen LogP contribution in [0.3, 0.4) is 0 Å². The molecular weight excluding hydrogens is 410 g/mol. The van der Waals surface area contributed by atoms with E-state index in [0.29, 0.717) is 5.02 Å². The number of carbonyl (C=O) groups is 1. The van der Waals surface area contributed by atoms with Crippen molar-refractivity contribution in [1.29, 1.82) is 0 Å². The number of hydrogen-bond acceptors (Lipinski definition) is 3. The van der Waals surface area contributed by atoms with Crippen LogP contribution in [0, 0.1) is 39.2 Å². The minimum absolute atomic E-state index is 0.0536. The van der Waals surface area contributed by atoms with Gasteiger partial charge in [0, 0.05) is 15.4 Å². The number of carbonyl (C=O) groups excluding carboxylic acids is 1. The van der Waals surface area contributed by atoms with Gasteiger partial charge in [-0.1, -0.05) is 79.2 Å². The van der Waals surface area contributed by atoms with Crippen LogP contribution >= 0.6 is 11.6 Å². The maximum atomic E-state index is 13.0. The number of nitro groups is 1. The third kappa shape index (κ3) is 2.84. The molecule has 8 atom stereocenters. The first-order chi connectivity index (χ1) is 15.0. The van der Waals surface area contributed by atoms with Gasteiger partial charge in [0.2, 0.25) is 6.04 Å². The van der Waals surface area contributed by atoms with E-state index < -0.39 is 17.4 Å². The normalized spacial score (nSPS) is 38.5. The molecule has 0 spiro atoms. The van der Waals surface area contributed by atoms with E-state index in [1.165, 1.54) is 0 Å². The van der Waals surface area contributed by atoms with E-state index in [1.54, 1.807) is 0 Å². The first kappa shape index (κ1) is 20.4. The van der Waals surface area contributed by atoms with Crippen molar-refractivity contribution in [3.8, 4) is 0 Å². The van der Waals surface area contributed by atoms with Crippen LogP contribution in [0.1, 0.15) is 42.7 Å². The second kappa shape index (κ2) is 7.59. The lowest BCUT2D eigenvalue weighted by molar-refractivity contribution is -0.541. The third-order valence-electron chi connectivity index (χ3n) is 8.35. The number of nitrogens with zero attached hydrogens (tertiary/aromatic N) is 1. The minimum Gasteiger partial charge on any atom is -0.303 e. The number of hydrogen-bond donors (Lipinski definition) is 0. The Balaban J connectivity index is 1.81. The number of allylic oxidation sites excluding steroid dienone is 2. The predicted octanol–water partition coefficient (Wildman–Crippen LogP) is 5.90. The second-order valence-electron chi connectivity index (χ2n) is 9.43. The van der Waals surface area contributed by atoms with Gasteiger partial charge in [-0.05, 0) is 53.7 Å². The van der Waals surface area contributed by atoms with Gasteiger partial charge in [0.15, 0.2) is 0 Å². The van der Waals surface area contributed by atoms with E-state index in [2.05, 4.69) is 19.1 Å². The van der Waals surface area contributed by atoms with Gasteiger partial charge in [-0.2, -0.15) is 0 Å². The van der Waals surface area contributed by atoms with Crippen molar-refractivity contribution in [2.75, 3.05) is 0 Å². The van der Waals surface area contributed by atoms with Gasteiger partial charge in [-0.3, -0.25) is 10.1 Å². The van der Waals surface area contributed by atoms with Crippen LogP contribution in [-0.2, 0) is 4.79 Å². The van der Waals surface area contributed by atoms with Gasteiger partial charge in [0.05, 0.1) is 11.8 Å². The molecule has 2 saturated carbocycles. The Morgan fingerprint density at radius 1 is 1.06 bits per heavy atom. The molecule has 0 bridgehead atoms. The molecule has 0 N–H and O–H groups in total. The average Bonchev–Trinajstić information content (AvgIpc) is 3.21. The standard InChI is InChI=1S/C26H26ClNO3/c1-16-11-12-18-13-14-20-22(19-9-5-6-10-21(19)27)25(28(30)31)24(17-7-3-2-4-8-17)26(16,15-29)23(18)20/h2-12,15-16,18,20,22-25H,13-14H2,1H3/t16-,18-,20+,22+,23+,24-,25+,26+/m0/s1. The number of halogens is 1. The highest BCUT2D eigenvalue weighted by Gasteiger charge is 2.69. The molecule has 0 unspecified atom stereocenters. The van der Waals surface area contributed by atoms with Crippen LogP contribution in [0.25, 0.3) is 0 Å². The highest BCUT2D eigenvalue weighted by atomic mass is 35.5. The molecule has 5 rings (SSSR count). The molecule has 0 heterocycles. The second-order valence-corrected chi connectivity index (χ2v) is 9.84. The fourth-order valence-electron chi connectivity index (χ4n) is 7.27. The molecule has 4 nitrogen and oxygen atoms in total. The molecule has 0 radical (unpaired) electrons. The Labute approximate surface area is 187 Å². The monoisotopic (exact) mass is 435 g/mol. The molecule has 2 aromatic carbocycles. The SMILES string of the molecule is C[C@H]1C=C[C@H]2CC[C@@H]3[C@@H](c4ccccc4Cl)[C@@H]([N+](=O)[O-])[C@H](c4ccccc4)[C@@]1(C=O)[C@@H]32. The quantitative estimate of drug-likeness (QED) is 0.260. The largest absolute Gasteiger partial charge is 0.303 e. The summed E-state index contributed by atoms with van der Waals surface area (Å²) in [6.45, 7) is 2.05. The zero-order valence-electron chi connectivity index (χ0n) is 17.4. The van der Waals surface area contributed by atoms with Gasteiger partial charge in [-0.25, -0.2) is 0 Å². The van der Waals surface area contributed by atoms with E-state index in [-0.39, 0.29) is 34.5 Å². The lowest BCUT2D eigenvalue weighted by Gasteiger charge is -2.56. The molecular formula is C26H26ClNO3. The van der Waals surface area contributed by atoms with Crippen LogP contribution in [0.15, 0.2) is 66.7 Å². The van der Waals surface area contributed by atoms with Crippen LogP contribution in [0.2, 0.25) is 5.02 Å². The van der Waals surface area contributed by atoms with Gasteiger partial charge in [0.25, 0.3) is 0 Å². The fourth-order valence-corrected chi connectivity index (χ4v) is 7.53. The Hall–Kier alpha value is -2.46. The van der Waals surface area contributed by atoms with Gasteiger partial charge < -0.3 is 4.79 Å². The molecule has 0 amide bonds. The summed E-state index contributed by atoms with van der Waals surface area (Å²) in [7, 11) is 0. The highest BCUT2D eigenvalue weighted by molar-refractivity contribution is 6.31. The zero-order valence-corrected chi connectivity index (χ0v) is 18.2. The van der Waals surface area contributed by atoms with E-state index >= 15 is 0 Å². The summed E-state index contributed by atoms with van der Waals surface area (Å²) in [6, 6.07) is 16.3. The molecule has 0 aliphatic heterocycles. The van der Waals surface area contributed by atoms with Crippen molar-refractivity contribution in [2.24, 2.45) is 29.1 Å². The van der Waals surface area contributed by atoms with E-state index in [4.69, 9.17) is 11.6 Å². The lowest BCUT2D eigenvalue weighted by atomic mass is 9.44. The summed E-state index contributed by atoms with van der Waals surface area (Å²) < 4.78 is 0. The maximum absolute atomic E-state index is 13.0. The third-order valence-corrected chi connectivity index (χ3v) is 8.69. The van der Waals surface area contributed by atoms with Gasteiger partial charge in [-0.15, -0.1) is 0 Å². The van der Waals surface area contributed by atoms with Crippen molar-refractivity contribution in [3.05, 3.63) is 93.0 Å².